The third kappa shape index (κ3) is 3.71. The number of hydrogen-bond acceptors (Lipinski definition) is 4. The molecule has 0 aromatic rings. The van der Waals surface area contributed by atoms with Crippen molar-refractivity contribution < 1.29 is 19.4 Å². The van der Waals surface area contributed by atoms with Crippen molar-refractivity contribution >= 4 is 11.8 Å². The molecule has 8 atom stereocenters. The molecule has 2 saturated carbocycles. The lowest BCUT2D eigenvalue weighted by atomic mass is 9.36. The molecule has 0 radical (unpaired) electrons. The molecule has 2 fully saturated rings. The molecule has 4 rings (SSSR count). The molecule has 0 aromatic heterocycles. The van der Waals surface area contributed by atoms with E-state index in [0.29, 0.717) is 24.7 Å². The number of ketones is 1. The summed E-state index contributed by atoms with van der Waals surface area (Å²) in [7, 11) is 1.49. The van der Waals surface area contributed by atoms with Crippen molar-refractivity contribution in [1.29, 1.82) is 0 Å². The molecular formula is C31H48O4. The highest BCUT2D eigenvalue weighted by atomic mass is 16.5. The number of allylic oxidation sites excluding steroid dienone is 3. The van der Waals surface area contributed by atoms with Gasteiger partial charge in [-0.1, -0.05) is 59.8 Å². The Balaban J connectivity index is 1.75. The Labute approximate surface area is 213 Å². The average Bonchev–Trinajstić information content (AvgIpc) is 2.80. The summed E-state index contributed by atoms with van der Waals surface area (Å²) in [5.41, 5.74) is 0.809. The van der Waals surface area contributed by atoms with Gasteiger partial charge < -0.3 is 9.84 Å². The maximum Gasteiger partial charge on any atom is 0.315 e. The highest BCUT2D eigenvalue weighted by Gasteiger charge is 2.66. The van der Waals surface area contributed by atoms with Crippen LogP contribution in [0.5, 0.6) is 0 Å². The summed E-state index contributed by atoms with van der Waals surface area (Å²) in [6, 6.07) is 0. The van der Waals surface area contributed by atoms with Gasteiger partial charge in [-0.25, -0.2) is 0 Å². The van der Waals surface area contributed by atoms with Gasteiger partial charge >= 0.3 is 5.97 Å². The Morgan fingerprint density at radius 3 is 2.40 bits per heavy atom. The first-order valence-electron chi connectivity index (χ1n) is 13.9. The molecule has 4 heteroatoms. The number of esters is 1. The standard InChI is InChI=1S/C31H48O4/c1-20(21(2)32)11-16-31(26(34)35-8)18-17-29(6)22(19-31)9-10-24-28(5)14-13-25(33)27(3,4)23(28)12-15-30(24,29)7/h9-10,19-20,23-25,33H,11-18H2,1-8H3/t20-,23+,24-,25+,28+,29-,30-,31+/m1/s1. The third-order valence-corrected chi connectivity index (χ3v) is 12.0. The number of aliphatic hydroxyl groups is 1. The second-order valence-corrected chi connectivity index (χ2v) is 13.9. The number of methoxy groups -OCH3 is 1. The molecule has 4 aliphatic rings. The zero-order valence-electron chi connectivity index (χ0n) is 23.4. The van der Waals surface area contributed by atoms with Crippen molar-refractivity contribution in [2.75, 3.05) is 7.11 Å². The van der Waals surface area contributed by atoms with Crippen molar-refractivity contribution in [2.45, 2.75) is 106 Å². The number of aliphatic hydroxyl groups excluding tert-OH is 1. The summed E-state index contributed by atoms with van der Waals surface area (Å²) in [5.74, 6) is 0.915. The predicted octanol–water partition coefficient (Wildman–Crippen LogP) is 6.67. The van der Waals surface area contributed by atoms with E-state index in [-0.39, 0.29) is 45.4 Å². The molecule has 0 spiro atoms. The van der Waals surface area contributed by atoms with Gasteiger partial charge in [0, 0.05) is 5.92 Å². The van der Waals surface area contributed by atoms with Gasteiger partial charge in [0.15, 0.2) is 0 Å². The molecule has 0 unspecified atom stereocenters. The summed E-state index contributed by atoms with van der Waals surface area (Å²) in [6.45, 7) is 15.6. The Hall–Kier alpha value is -1.42. The molecule has 0 bridgehead atoms. The fourth-order valence-electron chi connectivity index (χ4n) is 9.06. The van der Waals surface area contributed by atoms with E-state index in [0.717, 1.165) is 38.5 Å². The van der Waals surface area contributed by atoms with Crippen LogP contribution >= 0.6 is 0 Å². The molecule has 0 aliphatic heterocycles. The summed E-state index contributed by atoms with van der Waals surface area (Å²) >= 11 is 0. The lowest BCUT2D eigenvalue weighted by Crippen LogP contribution is -2.62. The number of carbonyl (C=O) groups excluding carboxylic acids is 2. The summed E-state index contributed by atoms with van der Waals surface area (Å²) in [4.78, 5) is 25.0. The van der Waals surface area contributed by atoms with Gasteiger partial charge in [0.05, 0.1) is 18.6 Å². The van der Waals surface area contributed by atoms with E-state index in [9.17, 15) is 14.7 Å². The van der Waals surface area contributed by atoms with Crippen molar-refractivity contribution in [3.8, 4) is 0 Å². The molecule has 4 nitrogen and oxygen atoms in total. The third-order valence-electron chi connectivity index (χ3n) is 12.0. The van der Waals surface area contributed by atoms with E-state index in [2.05, 4.69) is 52.8 Å². The maximum atomic E-state index is 13.2. The smallest absolute Gasteiger partial charge is 0.315 e. The van der Waals surface area contributed by atoms with E-state index < -0.39 is 5.41 Å². The Morgan fingerprint density at radius 1 is 1.09 bits per heavy atom. The summed E-state index contributed by atoms with van der Waals surface area (Å²) in [6.07, 6.45) is 14.1. The van der Waals surface area contributed by atoms with E-state index in [1.165, 1.54) is 12.7 Å². The molecule has 0 amide bonds. The first kappa shape index (κ1) is 26.6. The van der Waals surface area contributed by atoms with Crippen LogP contribution in [0.2, 0.25) is 0 Å². The van der Waals surface area contributed by atoms with Crippen LogP contribution in [0, 0.1) is 44.8 Å². The largest absolute Gasteiger partial charge is 0.468 e. The van der Waals surface area contributed by atoms with Crippen LogP contribution in [-0.2, 0) is 14.3 Å². The molecule has 0 aromatic carbocycles. The minimum atomic E-state index is -0.654. The quantitative estimate of drug-likeness (QED) is 0.443. The minimum absolute atomic E-state index is 0.00961. The van der Waals surface area contributed by atoms with Crippen molar-refractivity contribution in [3.63, 3.8) is 0 Å². The van der Waals surface area contributed by atoms with Crippen LogP contribution in [0.3, 0.4) is 0 Å². The number of hydrogen-bond donors (Lipinski definition) is 1. The summed E-state index contributed by atoms with van der Waals surface area (Å²) < 4.78 is 5.33. The Kier molecular flexibility index (Phi) is 6.52. The van der Waals surface area contributed by atoms with Gasteiger partial charge in [0.1, 0.15) is 5.78 Å². The van der Waals surface area contributed by atoms with Gasteiger partial charge in [0.2, 0.25) is 0 Å². The minimum Gasteiger partial charge on any atom is -0.468 e. The van der Waals surface area contributed by atoms with Crippen LogP contribution in [0.1, 0.15) is 99.8 Å². The number of Topliss-reactive ketones (excluding diaryl/α,β-unsaturated/α-hetero) is 1. The van der Waals surface area contributed by atoms with Crippen molar-refractivity contribution in [2.24, 2.45) is 44.8 Å². The second-order valence-electron chi connectivity index (χ2n) is 13.9. The number of carbonyl (C=O) groups is 2. The highest BCUT2D eigenvalue weighted by Crippen LogP contribution is 2.72. The molecule has 4 aliphatic carbocycles. The van der Waals surface area contributed by atoms with E-state index in [1.54, 1.807) is 6.92 Å². The summed E-state index contributed by atoms with van der Waals surface area (Å²) in [5, 5.41) is 10.9. The topological polar surface area (TPSA) is 63.6 Å². The van der Waals surface area contributed by atoms with E-state index >= 15 is 0 Å². The fourth-order valence-corrected chi connectivity index (χ4v) is 9.06. The monoisotopic (exact) mass is 484 g/mol. The molecule has 0 heterocycles. The van der Waals surface area contributed by atoms with Crippen LogP contribution < -0.4 is 0 Å². The number of fused-ring (bicyclic) bond motifs is 5. The van der Waals surface area contributed by atoms with Gasteiger partial charge in [0.25, 0.3) is 0 Å². The van der Waals surface area contributed by atoms with Crippen LogP contribution in [0.25, 0.3) is 0 Å². The first-order chi connectivity index (χ1) is 16.2. The highest BCUT2D eigenvalue weighted by molar-refractivity contribution is 5.81. The Morgan fingerprint density at radius 2 is 1.77 bits per heavy atom. The van der Waals surface area contributed by atoms with Gasteiger partial charge in [-0.15, -0.1) is 0 Å². The molecule has 35 heavy (non-hydrogen) atoms. The van der Waals surface area contributed by atoms with Gasteiger partial charge in [-0.05, 0) is 97.4 Å². The molecular weight excluding hydrogens is 436 g/mol. The number of rotatable bonds is 5. The lowest BCUT2D eigenvalue weighted by Gasteiger charge is -2.68. The molecule has 1 N–H and O–H groups in total. The Bertz CT molecular complexity index is 946. The van der Waals surface area contributed by atoms with E-state index in [1.807, 2.05) is 6.92 Å². The lowest BCUT2D eigenvalue weighted by molar-refractivity contribution is -0.182. The normalized spacial score (nSPS) is 44.8. The first-order valence-corrected chi connectivity index (χ1v) is 13.9. The zero-order valence-corrected chi connectivity index (χ0v) is 23.4. The van der Waals surface area contributed by atoms with Gasteiger partial charge in [-0.2, -0.15) is 0 Å². The van der Waals surface area contributed by atoms with Crippen LogP contribution in [0.15, 0.2) is 23.8 Å². The molecule has 196 valence electrons. The van der Waals surface area contributed by atoms with Crippen molar-refractivity contribution in [3.05, 3.63) is 23.8 Å². The number of ether oxygens (including phenoxy) is 1. The maximum absolute atomic E-state index is 13.2. The van der Waals surface area contributed by atoms with Crippen LogP contribution in [0.4, 0.5) is 0 Å². The second kappa shape index (κ2) is 8.57. The van der Waals surface area contributed by atoms with E-state index in [4.69, 9.17) is 4.74 Å². The molecule has 0 saturated heterocycles. The zero-order chi connectivity index (χ0) is 26.0. The SMILES string of the molecule is COC(=O)[C@]1(CC[C@@H](C)C(C)=O)C=C2C=C[C@@H]3[C@@]4(C)CC[C@H](O)C(C)(C)[C@@H]4CC[C@@]3(C)[C@]2(C)CC1. The predicted molar refractivity (Wildman–Crippen MR) is 140 cm³/mol. The fraction of sp³-hybridized carbons (Fsp3) is 0.806. The van der Waals surface area contributed by atoms with Crippen molar-refractivity contribution in [1.82, 2.24) is 0 Å². The van der Waals surface area contributed by atoms with Gasteiger partial charge in [-0.3, -0.25) is 9.59 Å². The van der Waals surface area contributed by atoms with Crippen LogP contribution in [-0.4, -0.2) is 30.1 Å². The average molecular weight is 485 g/mol.